The van der Waals surface area contributed by atoms with E-state index in [0.29, 0.717) is 11.7 Å². The molecule has 5 heteroatoms. The van der Waals surface area contributed by atoms with Crippen LogP contribution in [0.1, 0.15) is 17.7 Å². The van der Waals surface area contributed by atoms with Gasteiger partial charge in [0.25, 0.3) is 0 Å². The molecule has 19 heavy (non-hydrogen) atoms. The number of nitrogens with two attached hydrogens (primary N) is 1. The Morgan fingerprint density at radius 2 is 2.16 bits per heavy atom. The first kappa shape index (κ1) is 12.4. The molecule has 1 saturated heterocycles. The molecule has 1 unspecified atom stereocenters. The van der Waals surface area contributed by atoms with Gasteiger partial charge in [-0.3, -0.25) is 0 Å². The van der Waals surface area contributed by atoms with Crippen molar-refractivity contribution in [2.45, 2.75) is 26.8 Å². The highest BCUT2D eigenvalue weighted by molar-refractivity contribution is 5.90. The second kappa shape index (κ2) is 4.49. The van der Waals surface area contributed by atoms with Gasteiger partial charge in [-0.2, -0.15) is 0 Å². The molecule has 0 spiro atoms. The van der Waals surface area contributed by atoms with Crippen LogP contribution in [0.25, 0.3) is 11.0 Å². The number of fused-ring (bicyclic) bond motifs is 1. The van der Waals surface area contributed by atoms with Gasteiger partial charge in [-0.15, -0.1) is 0 Å². The molecule has 102 valence electrons. The van der Waals surface area contributed by atoms with Crippen molar-refractivity contribution in [2.75, 3.05) is 25.9 Å². The lowest BCUT2D eigenvalue weighted by Crippen LogP contribution is -2.17. The summed E-state index contributed by atoms with van der Waals surface area (Å²) in [5.41, 5.74) is 9.45. The standard InChI is InChI=1S/C14H21N5/c1-9-10(2)19(7-11-4-5-18(3)6-11)14-12(9)13(15)16-8-17-14/h8,11H,4-7H2,1-3H3,(H2,15,16,17). The average molecular weight is 259 g/mol. The van der Waals surface area contributed by atoms with E-state index in [9.17, 15) is 0 Å². The molecule has 0 bridgehead atoms. The van der Waals surface area contributed by atoms with Gasteiger partial charge < -0.3 is 15.2 Å². The van der Waals surface area contributed by atoms with Crippen LogP contribution in [0.4, 0.5) is 5.82 Å². The van der Waals surface area contributed by atoms with Crippen molar-refractivity contribution in [3.63, 3.8) is 0 Å². The minimum absolute atomic E-state index is 0.591. The van der Waals surface area contributed by atoms with Gasteiger partial charge in [0.1, 0.15) is 17.8 Å². The Balaban J connectivity index is 2.03. The van der Waals surface area contributed by atoms with E-state index in [4.69, 9.17) is 5.73 Å². The Hall–Kier alpha value is -1.62. The van der Waals surface area contributed by atoms with Gasteiger partial charge in [0, 0.05) is 18.8 Å². The zero-order valence-electron chi connectivity index (χ0n) is 11.8. The molecule has 0 saturated carbocycles. The minimum atomic E-state index is 0.591. The molecule has 5 nitrogen and oxygen atoms in total. The molecule has 0 radical (unpaired) electrons. The van der Waals surface area contributed by atoms with Crippen LogP contribution in [0.2, 0.25) is 0 Å². The van der Waals surface area contributed by atoms with E-state index in [1.165, 1.54) is 30.8 Å². The third-order valence-corrected chi connectivity index (χ3v) is 4.36. The molecule has 3 rings (SSSR count). The summed E-state index contributed by atoms with van der Waals surface area (Å²) in [5.74, 6) is 1.29. The van der Waals surface area contributed by atoms with Crippen molar-refractivity contribution in [3.8, 4) is 0 Å². The highest BCUT2D eigenvalue weighted by Crippen LogP contribution is 2.28. The maximum Gasteiger partial charge on any atom is 0.145 e. The molecule has 0 aliphatic carbocycles. The number of rotatable bonds is 2. The van der Waals surface area contributed by atoms with Crippen LogP contribution < -0.4 is 5.73 Å². The summed E-state index contributed by atoms with van der Waals surface area (Å²) in [7, 11) is 2.19. The van der Waals surface area contributed by atoms with Crippen molar-refractivity contribution in [2.24, 2.45) is 5.92 Å². The summed E-state index contributed by atoms with van der Waals surface area (Å²) in [4.78, 5) is 10.9. The Morgan fingerprint density at radius 3 is 2.84 bits per heavy atom. The molecule has 2 aromatic heterocycles. The van der Waals surface area contributed by atoms with Crippen LogP contribution in [0.5, 0.6) is 0 Å². The van der Waals surface area contributed by atoms with E-state index in [1.54, 1.807) is 6.33 Å². The largest absolute Gasteiger partial charge is 0.383 e. The number of anilines is 1. The minimum Gasteiger partial charge on any atom is -0.383 e. The van der Waals surface area contributed by atoms with Gasteiger partial charge in [-0.05, 0) is 45.3 Å². The van der Waals surface area contributed by atoms with Crippen molar-refractivity contribution < 1.29 is 0 Å². The lowest BCUT2D eigenvalue weighted by atomic mass is 10.1. The molecule has 0 aromatic carbocycles. The van der Waals surface area contributed by atoms with Gasteiger partial charge >= 0.3 is 0 Å². The Labute approximate surface area is 113 Å². The highest BCUT2D eigenvalue weighted by Gasteiger charge is 2.23. The monoisotopic (exact) mass is 259 g/mol. The zero-order valence-corrected chi connectivity index (χ0v) is 11.8. The van der Waals surface area contributed by atoms with Gasteiger partial charge in [0.05, 0.1) is 5.39 Å². The average Bonchev–Trinajstić information content (AvgIpc) is 2.88. The van der Waals surface area contributed by atoms with Crippen LogP contribution in [0, 0.1) is 19.8 Å². The molecule has 3 heterocycles. The fourth-order valence-electron chi connectivity index (χ4n) is 3.15. The van der Waals surface area contributed by atoms with E-state index in [2.05, 4.69) is 40.3 Å². The predicted molar refractivity (Wildman–Crippen MR) is 77.0 cm³/mol. The number of aryl methyl sites for hydroxylation is 1. The fourth-order valence-corrected chi connectivity index (χ4v) is 3.15. The van der Waals surface area contributed by atoms with Crippen molar-refractivity contribution >= 4 is 16.9 Å². The number of nitrogen functional groups attached to an aromatic ring is 1. The Kier molecular flexibility index (Phi) is 2.93. The Bertz CT molecular complexity index is 616. The lowest BCUT2D eigenvalue weighted by Gasteiger charge is -2.14. The summed E-state index contributed by atoms with van der Waals surface area (Å²) in [6.07, 6.45) is 2.82. The molecule has 1 aliphatic heterocycles. The zero-order chi connectivity index (χ0) is 13.6. The van der Waals surface area contributed by atoms with Gasteiger partial charge in [0.2, 0.25) is 0 Å². The Morgan fingerprint density at radius 1 is 1.37 bits per heavy atom. The van der Waals surface area contributed by atoms with Crippen molar-refractivity contribution in [3.05, 3.63) is 17.6 Å². The SMILES string of the molecule is Cc1c(C)n(CC2CCN(C)C2)c2ncnc(N)c12. The molecule has 1 atom stereocenters. The number of hydrogen-bond donors (Lipinski definition) is 1. The van der Waals surface area contributed by atoms with E-state index in [0.717, 1.165) is 17.6 Å². The lowest BCUT2D eigenvalue weighted by molar-refractivity contribution is 0.378. The smallest absolute Gasteiger partial charge is 0.145 e. The van der Waals surface area contributed by atoms with E-state index in [1.807, 2.05) is 0 Å². The first-order chi connectivity index (χ1) is 9.08. The number of aromatic nitrogens is 3. The van der Waals surface area contributed by atoms with Crippen LogP contribution in [0.15, 0.2) is 6.33 Å². The van der Waals surface area contributed by atoms with Crippen LogP contribution in [-0.2, 0) is 6.54 Å². The van der Waals surface area contributed by atoms with E-state index >= 15 is 0 Å². The molecular weight excluding hydrogens is 238 g/mol. The summed E-state index contributed by atoms with van der Waals surface area (Å²) in [5, 5.41) is 1.02. The van der Waals surface area contributed by atoms with Gasteiger partial charge in [-0.25, -0.2) is 9.97 Å². The number of likely N-dealkylation sites (tertiary alicyclic amines) is 1. The quantitative estimate of drug-likeness (QED) is 0.889. The predicted octanol–water partition coefficient (Wildman–Crippen LogP) is 1.58. The second-order valence-corrected chi connectivity index (χ2v) is 5.70. The molecule has 2 aromatic rings. The van der Waals surface area contributed by atoms with Crippen LogP contribution in [-0.4, -0.2) is 39.6 Å². The molecule has 2 N–H and O–H groups in total. The highest BCUT2D eigenvalue weighted by atomic mass is 15.1. The van der Waals surface area contributed by atoms with Crippen molar-refractivity contribution in [1.29, 1.82) is 0 Å². The van der Waals surface area contributed by atoms with E-state index in [-0.39, 0.29) is 0 Å². The topological polar surface area (TPSA) is 60.0 Å². The summed E-state index contributed by atoms with van der Waals surface area (Å²) in [6, 6.07) is 0. The first-order valence-corrected chi connectivity index (χ1v) is 6.82. The normalized spacial score (nSPS) is 20.5. The maximum absolute atomic E-state index is 6.00. The summed E-state index contributed by atoms with van der Waals surface area (Å²) >= 11 is 0. The number of nitrogens with zero attached hydrogens (tertiary/aromatic N) is 4. The molecule has 0 amide bonds. The van der Waals surface area contributed by atoms with E-state index < -0.39 is 0 Å². The van der Waals surface area contributed by atoms with Gasteiger partial charge in [0.15, 0.2) is 0 Å². The molecule has 1 aliphatic rings. The van der Waals surface area contributed by atoms with Crippen LogP contribution >= 0.6 is 0 Å². The van der Waals surface area contributed by atoms with Gasteiger partial charge in [-0.1, -0.05) is 0 Å². The first-order valence-electron chi connectivity index (χ1n) is 6.82. The molecular formula is C14H21N5. The fraction of sp³-hybridized carbons (Fsp3) is 0.571. The number of hydrogen-bond acceptors (Lipinski definition) is 4. The maximum atomic E-state index is 6.00. The summed E-state index contributed by atoms with van der Waals surface area (Å²) in [6.45, 7) is 7.64. The van der Waals surface area contributed by atoms with Crippen LogP contribution in [0.3, 0.4) is 0 Å². The summed E-state index contributed by atoms with van der Waals surface area (Å²) < 4.78 is 2.31. The molecule has 1 fully saturated rings. The third-order valence-electron chi connectivity index (χ3n) is 4.36. The second-order valence-electron chi connectivity index (χ2n) is 5.70. The van der Waals surface area contributed by atoms with Crippen molar-refractivity contribution in [1.82, 2.24) is 19.4 Å². The third kappa shape index (κ3) is 1.98.